The molecule has 0 aliphatic heterocycles. The molecule has 0 saturated heterocycles. The monoisotopic (exact) mass is 554 g/mol. The molecule has 0 atom stereocenters. The molecule has 41 heavy (non-hydrogen) atoms. The number of unbranched alkanes of at least 4 members (excludes halogenated alkanes) is 1. The molecule has 1 amide bonds. The van der Waals surface area contributed by atoms with Gasteiger partial charge in [0.15, 0.2) is 0 Å². The van der Waals surface area contributed by atoms with Crippen molar-refractivity contribution in [3.8, 4) is 11.5 Å². The third kappa shape index (κ3) is 8.73. The van der Waals surface area contributed by atoms with Crippen molar-refractivity contribution in [2.75, 3.05) is 27.3 Å². The second kappa shape index (κ2) is 14.7. The molecule has 0 saturated carbocycles. The number of carbonyl (C=O) groups excluding carboxylic acids is 1. The maximum absolute atomic E-state index is 12.6. The van der Waals surface area contributed by atoms with Gasteiger partial charge in [0.1, 0.15) is 18.0 Å². The summed E-state index contributed by atoms with van der Waals surface area (Å²) in [6.07, 6.45) is 9.23. The third-order valence-corrected chi connectivity index (χ3v) is 6.81. The predicted octanol–water partition coefficient (Wildman–Crippen LogP) is 6.55. The molecule has 0 bridgehead atoms. The molecular formula is C34H38N2O5. The molecule has 1 N–H and O–H groups in total. The predicted molar refractivity (Wildman–Crippen MR) is 163 cm³/mol. The van der Waals surface area contributed by atoms with Crippen LogP contribution in [-0.4, -0.2) is 53.8 Å². The van der Waals surface area contributed by atoms with E-state index in [0.717, 1.165) is 51.9 Å². The summed E-state index contributed by atoms with van der Waals surface area (Å²) in [6, 6.07) is 23.9. The molecule has 0 radical (unpaired) electrons. The van der Waals surface area contributed by atoms with E-state index in [4.69, 9.17) is 14.6 Å². The molecule has 4 rings (SSSR count). The summed E-state index contributed by atoms with van der Waals surface area (Å²) in [5.74, 6) is 0.914. The van der Waals surface area contributed by atoms with Crippen LogP contribution >= 0.6 is 0 Å². The Labute approximate surface area is 241 Å². The minimum absolute atomic E-state index is 0.00271. The number of para-hydroxylation sites is 2. The van der Waals surface area contributed by atoms with Crippen molar-refractivity contribution < 1.29 is 24.2 Å². The fourth-order valence-electron chi connectivity index (χ4n) is 4.60. The van der Waals surface area contributed by atoms with E-state index in [2.05, 4.69) is 12.2 Å². The van der Waals surface area contributed by atoms with Crippen molar-refractivity contribution in [3.63, 3.8) is 0 Å². The maximum atomic E-state index is 12.6. The average molecular weight is 555 g/mol. The van der Waals surface area contributed by atoms with Gasteiger partial charge in [0.05, 0.1) is 18.7 Å². The number of ether oxygens (including phenoxy) is 2. The van der Waals surface area contributed by atoms with E-state index in [1.807, 2.05) is 83.6 Å². The first kappa shape index (κ1) is 29.5. The Morgan fingerprint density at radius 1 is 0.829 bits per heavy atom. The molecule has 1 heterocycles. The Bertz CT molecular complexity index is 1460. The van der Waals surface area contributed by atoms with Gasteiger partial charge in [-0.2, -0.15) is 0 Å². The number of aliphatic carboxylic acids is 1. The van der Waals surface area contributed by atoms with Gasteiger partial charge in [-0.1, -0.05) is 60.7 Å². The zero-order valence-corrected chi connectivity index (χ0v) is 23.8. The zero-order valence-electron chi connectivity index (χ0n) is 23.8. The molecule has 7 heteroatoms. The number of hydrogen-bond acceptors (Lipinski definition) is 4. The number of hydrogen-bond donors (Lipinski definition) is 1. The summed E-state index contributed by atoms with van der Waals surface area (Å²) in [5.41, 5.74) is 4.06. The van der Waals surface area contributed by atoms with E-state index in [-0.39, 0.29) is 18.9 Å². The number of carbonyl (C=O) groups is 2. The lowest BCUT2D eigenvalue weighted by Gasteiger charge is -2.12. The summed E-state index contributed by atoms with van der Waals surface area (Å²) in [6.45, 7) is 1.52. The lowest BCUT2D eigenvalue weighted by Crippen LogP contribution is -2.26. The van der Waals surface area contributed by atoms with Gasteiger partial charge >= 0.3 is 5.97 Å². The lowest BCUT2D eigenvalue weighted by atomic mass is 10.0. The number of aromatic nitrogens is 1. The van der Waals surface area contributed by atoms with E-state index in [1.54, 1.807) is 19.0 Å². The van der Waals surface area contributed by atoms with Crippen molar-refractivity contribution in [2.24, 2.45) is 0 Å². The van der Waals surface area contributed by atoms with Crippen LogP contribution in [0.3, 0.4) is 0 Å². The van der Waals surface area contributed by atoms with Crippen molar-refractivity contribution in [2.45, 2.75) is 38.6 Å². The Balaban J connectivity index is 1.39. The Morgan fingerprint density at radius 3 is 2.17 bits per heavy atom. The van der Waals surface area contributed by atoms with Gasteiger partial charge in [-0.05, 0) is 66.6 Å². The van der Waals surface area contributed by atoms with Gasteiger partial charge in [-0.25, -0.2) is 0 Å². The molecule has 0 aliphatic rings. The Kier molecular flexibility index (Phi) is 10.6. The van der Waals surface area contributed by atoms with E-state index < -0.39 is 5.97 Å². The van der Waals surface area contributed by atoms with Crippen LogP contribution in [-0.2, 0) is 22.6 Å². The SMILES string of the molecule is CN(C)C(=O)Cn1cc(CCCC(=O)O)c2cccc(/C=C/c3ccc(OCCCCOc4ccccc4)cc3)c21. The Hall–Kier alpha value is -4.52. The molecule has 0 fully saturated rings. The van der Waals surface area contributed by atoms with Crippen LogP contribution in [0.5, 0.6) is 11.5 Å². The van der Waals surface area contributed by atoms with Crippen molar-refractivity contribution in [3.05, 3.63) is 95.7 Å². The molecule has 214 valence electrons. The van der Waals surface area contributed by atoms with E-state index in [1.165, 1.54) is 0 Å². The lowest BCUT2D eigenvalue weighted by molar-refractivity contribution is -0.137. The molecule has 7 nitrogen and oxygen atoms in total. The highest BCUT2D eigenvalue weighted by Gasteiger charge is 2.15. The normalized spacial score (nSPS) is 11.2. The summed E-state index contributed by atoms with van der Waals surface area (Å²) in [4.78, 5) is 25.2. The molecule has 0 spiro atoms. The fraction of sp³-hybridized carbons (Fsp3) is 0.294. The van der Waals surface area contributed by atoms with Gasteiger partial charge in [-0.3, -0.25) is 9.59 Å². The highest BCUT2D eigenvalue weighted by Crippen LogP contribution is 2.28. The van der Waals surface area contributed by atoms with E-state index in [0.29, 0.717) is 26.1 Å². The number of aryl methyl sites for hydroxylation is 1. The third-order valence-electron chi connectivity index (χ3n) is 6.81. The smallest absolute Gasteiger partial charge is 0.303 e. The van der Waals surface area contributed by atoms with Crippen molar-refractivity contribution >= 4 is 34.9 Å². The van der Waals surface area contributed by atoms with Gasteiger partial charge in [-0.15, -0.1) is 0 Å². The first-order valence-electron chi connectivity index (χ1n) is 14.0. The van der Waals surface area contributed by atoms with Gasteiger partial charge in [0, 0.05) is 32.1 Å². The van der Waals surface area contributed by atoms with Crippen LogP contribution in [0.1, 0.15) is 42.4 Å². The summed E-state index contributed by atoms with van der Waals surface area (Å²) in [5, 5.41) is 10.1. The van der Waals surface area contributed by atoms with Gasteiger partial charge < -0.3 is 24.0 Å². The molecule has 1 aromatic heterocycles. The average Bonchev–Trinajstić information content (AvgIpc) is 3.32. The quantitative estimate of drug-likeness (QED) is 0.133. The second-order valence-electron chi connectivity index (χ2n) is 10.2. The van der Waals surface area contributed by atoms with Crippen LogP contribution in [0.15, 0.2) is 79.0 Å². The number of likely N-dealkylation sites (N-methyl/N-ethyl adjacent to an activating group) is 1. The van der Waals surface area contributed by atoms with Gasteiger partial charge in [0.2, 0.25) is 5.91 Å². The topological polar surface area (TPSA) is 81.0 Å². The highest BCUT2D eigenvalue weighted by molar-refractivity contribution is 5.94. The minimum Gasteiger partial charge on any atom is -0.494 e. The van der Waals surface area contributed by atoms with Crippen LogP contribution in [0, 0.1) is 0 Å². The maximum Gasteiger partial charge on any atom is 0.303 e. The molecule has 4 aromatic rings. The van der Waals surface area contributed by atoms with Crippen molar-refractivity contribution in [1.29, 1.82) is 0 Å². The highest BCUT2D eigenvalue weighted by atomic mass is 16.5. The second-order valence-corrected chi connectivity index (χ2v) is 10.2. The van der Waals surface area contributed by atoms with Crippen LogP contribution in [0.25, 0.3) is 23.1 Å². The first-order chi connectivity index (χ1) is 19.9. The largest absolute Gasteiger partial charge is 0.494 e. The molecular weight excluding hydrogens is 516 g/mol. The summed E-state index contributed by atoms with van der Waals surface area (Å²) in [7, 11) is 3.49. The summed E-state index contributed by atoms with van der Waals surface area (Å²) < 4.78 is 13.6. The first-order valence-corrected chi connectivity index (χ1v) is 14.0. The molecule has 3 aromatic carbocycles. The van der Waals surface area contributed by atoms with Crippen LogP contribution in [0.4, 0.5) is 0 Å². The fourth-order valence-corrected chi connectivity index (χ4v) is 4.60. The number of amides is 1. The number of rotatable bonds is 15. The molecule has 0 aliphatic carbocycles. The molecule has 0 unspecified atom stereocenters. The van der Waals surface area contributed by atoms with E-state index >= 15 is 0 Å². The number of benzene rings is 3. The van der Waals surface area contributed by atoms with Crippen molar-refractivity contribution in [1.82, 2.24) is 9.47 Å². The minimum atomic E-state index is -0.801. The number of fused-ring (bicyclic) bond motifs is 1. The zero-order chi connectivity index (χ0) is 29.0. The summed E-state index contributed by atoms with van der Waals surface area (Å²) >= 11 is 0. The number of carboxylic acid groups (broad SMARTS) is 1. The van der Waals surface area contributed by atoms with Crippen LogP contribution in [0.2, 0.25) is 0 Å². The van der Waals surface area contributed by atoms with Gasteiger partial charge in [0.25, 0.3) is 0 Å². The Morgan fingerprint density at radius 2 is 1.51 bits per heavy atom. The standard InChI is InChI=1S/C34H38N2O5/c1-35(2)32(37)25-36-24-28(11-9-15-33(38)39)31-14-8-10-27(34(31)36)19-16-26-17-20-30(21-18-26)41-23-7-6-22-40-29-12-4-3-5-13-29/h3-5,8,10,12-14,16-21,24H,6-7,9,11,15,22-23,25H2,1-2H3,(H,38,39)/b19-16+. The van der Waals surface area contributed by atoms with E-state index in [9.17, 15) is 9.59 Å². The number of carboxylic acids is 1. The number of nitrogens with zero attached hydrogens (tertiary/aromatic N) is 2. The van der Waals surface area contributed by atoms with Crippen LogP contribution < -0.4 is 9.47 Å².